The number of carbonyl (C=O) groups is 1. The van der Waals surface area contributed by atoms with E-state index in [9.17, 15) is 4.79 Å². The molecule has 98 valence electrons. The second kappa shape index (κ2) is 6.14. The van der Waals surface area contributed by atoms with Crippen molar-refractivity contribution < 1.29 is 4.79 Å². The van der Waals surface area contributed by atoms with Crippen molar-refractivity contribution in [3.63, 3.8) is 0 Å². The summed E-state index contributed by atoms with van der Waals surface area (Å²) in [5, 5.41) is 12.5. The fourth-order valence-corrected chi connectivity index (χ4v) is 2.48. The van der Waals surface area contributed by atoms with Crippen LogP contribution in [0.25, 0.3) is 6.08 Å². The number of anilines is 1. The molecule has 0 saturated heterocycles. The van der Waals surface area contributed by atoms with Crippen LogP contribution in [0.15, 0.2) is 24.3 Å². The number of halogens is 2. The summed E-state index contributed by atoms with van der Waals surface area (Å²) in [6.45, 7) is 1.82. The van der Waals surface area contributed by atoms with Crippen LogP contribution in [0.1, 0.15) is 10.6 Å². The standard InChI is InChI=1S/C12H9Cl2N3OS/c1-7-16-17-12(19-7)15-11(18)3-2-8-4-9(13)6-10(14)5-8/h2-6H,1H3,(H,15,17,18)/b3-2+. The highest BCUT2D eigenvalue weighted by Crippen LogP contribution is 2.20. The molecule has 0 aliphatic carbocycles. The van der Waals surface area contributed by atoms with Gasteiger partial charge in [0.05, 0.1) is 0 Å². The van der Waals surface area contributed by atoms with Crippen molar-refractivity contribution in [2.24, 2.45) is 0 Å². The number of benzene rings is 1. The van der Waals surface area contributed by atoms with E-state index in [2.05, 4.69) is 15.5 Å². The van der Waals surface area contributed by atoms with Crippen LogP contribution in [0.5, 0.6) is 0 Å². The van der Waals surface area contributed by atoms with Gasteiger partial charge in [0.1, 0.15) is 5.01 Å². The third-order valence-electron chi connectivity index (χ3n) is 2.07. The second-order valence-corrected chi connectivity index (χ2v) is 5.71. The fraction of sp³-hybridized carbons (Fsp3) is 0.0833. The van der Waals surface area contributed by atoms with Gasteiger partial charge in [-0.15, -0.1) is 10.2 Å². The molecule has 19 heavy (non-hydrogen) atoms. The number of nitrogens with one attached hydrogen (secondary N) is 1. The molecule has 0 aliphatic heterocycles. The molecule has 1 N–H and O–H groups in total. The predicted octanol–water partition coefficient (Wildman–Crippen LogP) is 3.81. The first kappa shape index (κ1) is 14.0. The molecule has 4 nitrogen and oxygen atoms in total. The maximum absolute atomic E-state index is 11.6. The Balaban J connectivity index is 2.03. The highest BCUT2D eigenvalue weighted by atomic mass is 35.5. The number of amides is 1. The average Bonchev–Trinajstić information content (AvgIpc) is 2.71. The van der Waals surface area contributed by atoms with Crippen LogP contribution in [-0.4, -0.2) is 16.1 Å². The second-order valence-electron chi connectivity index (χ2n) is 3.65. The van der Waals surface area contributed by atoms with Crippen LogP contribution >= 0.6 is 34.5 Å². The lowest BCUT2D eigenvalue weighted by molar-refractivity contribution is -0.111. The van der Waals surface area contributed by atoms with Gasteiger partial charge in [-0.2, -0.15) is 0 Å². The number of carbonyl (C=O) groups excluding carboxylic acids is 1. The first-order chi connectivity index (χ1) is 9.02. The highest BCUT2D eigenvalue weighted by molar-refractivity contribution is 7.15. The molecule has 2 aromatic rings. The molecule has 0 saturated carbocycles. The summed E-state index contributed by atoms with van der Waals surface area (Å²) in [6.07, 6.45) is 3.01. The Bertz CT molecular complexity index is 619. The van der Waals surface area contributed by atoms with Gasteiger partial charge < -0.3 is 0 Å². The summed E-state index contributed by atoms with van der Waals surface area (Å²) in [7, 11) is 0. The van der Waals surface area contributed by atoms with Gasteiger partial charge in [-0.1, -0.05) is 34.5 Å². The fourth-order valence-electron chi connectivity index (χ4n) is 1.34. The van der Waals surface area contributed by atoms with E-state index < -0.39 is 0 Å². The van der Waals surface area contributed by atoms with E-state index in [-0.39, 0.29) is 5.91 Å². The third kappa shape index (κ3) is 4.31. The zero-order valence-electron chi connectivity index (χ0n) is 9.85. The van der Waals surface area contributed by atoms with Gasteiger partial charge in [0, 0.05) is 16.1 Å². The van der Waals surface area contributed by atoms with Gasteiger partial charge in [-0.25, -0.2) is 0 Å². The van der Waals surface area contributed by atoms with Crippen molar-refractivity contribution in [2.75, 3.05) is 5.32 Å². The predicted molar refractivity (Wildman–Crippen MR) is 78.8 cm³/mol. The topological polar surface area (TPSA) is 54.9 Å². The van der Waals surface area contributed by atoms with Gasteiger partial charge in [-0.3, -0.25) is 10.1 Å². The first-order valence-corrected chi connectivity index (χ1v) is 6.85. The lowest BCUT2D eigenvalue weighted by atomic mass is 10.2. The Labute approximate surface area is 124 Å². The maximum atomic E-state index is 11.6. The monoisotopic (exact) mass is 313 g/mol. The molecule has 7 heteroatoms. The maximum Gasteiger partial charge on any atom is 0.250 e. The molecule has 1 aromatic carbocycles. The van der Waals surface area contributed by atoms with Gasteiger partial charge in [0.2, 0.25) is 11.0 Å². The Morgan fingerprint density at radius 3 is 2.53 bits per heavy atom. The quantitative estimate of drug-likeness (QED) is 0.877. The van der Waals surface area contributed by atoms with Crippen molar-refractivity contribution >= 4 is 51.7 Å². The molecule has 2 rings (SSSR count). The van der Waals surface area contributed by atoms with Crippen molar-refractivity contribution in [3.8, 4) is 0 Å². The van der Waals surface area contributed by atoms with Crippen LogP contribution in [0, 0.1) is 6.92 Å². The summed E-state index contributed by atoms with van der Waals surface area (Å²) in [5.74, 6) is -0.285. The number of rotatable bonds is 3. The Kier molecular flexibility index (Phi) is 4.52. The average molecular weight is 314 g/mol. The molecule has 0 atom stereocenters. The van der Waals surface area contributed by atoms with Crippen molar-refractivity contribution in [2.45, 2.75) is 6.92 Å². The Morgan fingerprint density at radius 1 is 1.26 bits per heavy atom. The van der Waals surface area contributed by atoms with Crippen LogP contribution < -0.4 is 5.32 Å². The molecule has 0 bridgehead atoms. The van der Waals surface area contributed by atoms with Gasteiger partial charge >= 0.3 is 0 Å². The number of hydrogen-bond donors (Lipinski definition) is 1. The van der Waals surface area contributed by atoms with E-state index in [0.717, 1.165) is 10.6 Å². The van der Waals surface area contributed by atoms with Crippen molar-refractivity contribution in [1.82, 2.24) is 10.2 Å². The number of aryl methyl sites for hydroxylation is 1. The smallest absolute Gasteiger partial charge is 0.250 e. The van der Waals surface area contributed by atoms with E-state index in [1.54, 1.807) is 24.3 Å². The third-order valence-corrected chi connectivity index (χ3v) is 3.26. The van der Waals surface area contributed by atoms with E-state index in [4.69, 9.17) is 23.2 Å². The molecule has 0 unspecified atom stereocenters. The SMILES string of the molecule is Cc1nnc(NC(=O)/C=C/c2cc(Cl)cc(Cl)c2)s1. The van der Waals surface area contributed by atoms with Crippen LogP contribution in [0.2, 0.25) is 10.0 Å². The van der Waals surface area contributed by atoms with E-state index in [0.29, 0.717) is 15.2 Å². The first-order valence-electron chi connectivity index (χ1n) is 5.28. The molecule has 0 radical (unpaired) electrons. The zero-order chi connectivity index (χ0) is 13.8. The molecule has 0 spiro atoms. The van der Waals surface area contributed by atoms with Gasteiger partial charge in [-0.05, 0) is 36.8 Å². The molecule has 1 aromatic heterocycles. The summed E-state index contributed by atoms with van der Waals surface area (Å²) in [6, 6.07) is 5.06. The summed E-state index contributed by atoms with van der Waals surface area (Å²) >= 11 is 13.0. The Morgan fingerprint density at radius 2 is 1.95 bits per heavy atom. The lowest BCUT2D eigenvalue weighted by Gasteiger charge is -1.97. The lowest BCUT2D eigenvalue weighted by Crippen LogP contribution is -2.07. The minimum Gasteiger partial charge on any atom is -0.297 e. The number of nitrogens with zero attached hydrogens (tertiary/aromatic N) is 2. The molecular formula is C12H9Cl2N3OS. The van der Waals surface area contributed by atoms with E-state index in [1.165, 1.54) is 17.4 Å². The Hall–Kier alpha value is -1.43. The minimum atomic E-state index is -0.285. The van der Waals surface area contributed by atoms with E-state index >= 15 is 0 Å². The van der Waals surface area contributed by atoms with Crippen LogP contribution in [0.4, 0.5) is 5.13 Å². The van der Waals surface area contributed by atoms with Crippen molar-refractivity contribution in [3.05, 3.63) is 44.9 Å². The number of hydrogen-bond acceptors (Lipinski definition) is 4. The molecule has 1 amide bonds. The molecular weight excluding hydrogens is 305 g/mol. The molecule has 0 aliphatic rings. The van der Waals surface area contributed by atoms with Gasteiger partial charge in [0.25, 0.3) is 0 Å². The van der Waals surface area contributed by atoms with Crippen molar-refractivity contribution in [1.29, 1.82) is 0 Å². The van der Waals surface area contributed by atoms with Gasteiger partial charge in [0.15, 0.2) is 0 Å². The highest BCUT2D eigenvalue weighted by Gasteiger charge is 2.03. The van der Waals surface area contributed by atoms with Crippen LogP contribution in [-0.2, 0) is 4.79 Å². The summed E-state index contributed by atoms with van der Waals surface area (Å²) in [5.41, 5.74) is 0.751. The summed E-state index contributed by atoms with van der Waals surface area (Å²) < 4.78 is 0. The normalized spacial score (nSPS) is 10.9. The largest absolute Gasteiger partial charge is 0.297 e. The molecule has 0 fully saturated rings. The number of aromatic nitrogens is 2. The zero-order valence-corrected chi connectivity index (χ0v) is 12.2. The summed E-state index contributed by atoms with van der Waals surface area (Å²) in [4.78, 5) is 11.6. The molecule has 1 heterocycles. The van der Waals surface area contributed by atoms with E-state index in [1.807, 2.05) is 6.92 Å². The minimum absolute atomic E-state index is 0.285. The van der Waals surface area contributed by atoms with Crippen LogP contribution in [0.3, 0.4) is 0 Å².